The Labute approximate surface area is 180 Å². The van der Waals surface area contributed by atoms with Crippen LogP contribution < -0.4 is 10.6 Å². The van der Waals surface area contributed by atoms with Gasteiger partial charge in [-0.1, -0.05) is 12.1 Å². The topological polar surface area (TPSA) is 73.8 Å². The highest BCUT2D eigenvalue weighted by Gasteiger charge is 2.18. The Kier molecular flexibility index (Phi) is 12.1. The first-order valence-corrected chi connectivity index (χ1v) is 10.5. The van der Waals surface area contributed by atoms with Gasteiger partial charge in [0.25, 0.3) is 0 Å². The summed E-state index contributed by atoms with van der Waals surface area (Å²) in [7, 11) is -2.05. The molecule has 9 heteroatoms. The Morgan fingerprint density at radius 1 is 1.11 bits per heavy atom. The molecule has 27 heavy (non-hydrogen) atoms. The maximum Gasteiger partial charge on any atom is 0.191 e. The normalized spacial score (nSPS) is 12.4. The summed E-state index contributed by atoms with van der Waals surface area (Å²) in [5.41, 5.74) is 0. The summed E-state index contributed by atoms with van der Waals surface area (Å²) >= 11 is 0. The summed E-state index contributed by atoms with van der Waals surface area (Å²) in [5, 5.41) is 6.14. The van der Waals surface area contributed by atoms with Crippen molar-refractivity contribution < 1.29 is 12.8 Å². The lowest BCUT2D eigenvalue weighted by Crippen LogP contribution is -2.46. The van der Waals surface area contributed by atoms with E-state index in [0.717, 1.165) is 12.6 Å². The second kappa shape index (κ2) is 12.5. The van der Waals surface area contributed by atoms with Gasteiger partial charge in [-0.2, -0.15) is 0 Å². The summed E-state index contributed by atoms with van der Waals surface area (Å²) in [4.78, 5) is 6.17. The molecule has 0 aliphatic carbocycles. The largest absolute Gasteiger partial charge is 0.355 e. The van der Waals surface area contributed by atoms with Gasteiger partial charge < -0.3 is 10.6 Å². The van der Waals surface area contributed by atoms with E-state index in [1.54, 1.807) is 7.05 Å². The van der Waals surface area contributed by atoms with E-state index in [-0.39, 0.29) is 41.2 Å². The predicted octanol–water partition coefficient (Wildman–Crippen LogP) is 2.50. The molecule has 0 saturated carbocycles. The Balaban J connectivity index is 0.00000676. The molecule has 0 heterocycles. The van der Waals surface area contributed by atoms with Crippen LogP contribution in [0.25, 0.3) is 0 Å². The van der Waals surface area contributed by atoms with Gasteiger partial charge in [-0.25, -0.2) is 12.8 Å². The third-order valence-corrected chi connectivity index (χ3v) is 5.79. The standard InChI is InChI=1S/C18H31FN4O2S.HI/c1-14(2)23(15(3)4)12-10-21-18(20-5)22-11-13-26(24,25)17-9-7-6-8-16(17)19;/h6-9,14-15H,10-13H2,1-5H3,(H2,20,21,22);1H. The fourth-order valence-corrected chi connectivity index (χ4v) is 3.99. The van der Waals surface area contributed by atoms with Gasteiger partial charge in [-0.3, -0.25) is 9.89 Å². The van der Waals surface area contributed by atoms with Gasteiger partial charge in [0.05, 0.1) is 5.75 Å². The molecule has 1 aromatic rings. The molecule has 1 rings (SSSR count). The summed E-state index contributed by atoms with van der Waals surface area (Å²) in [6.07, 6.45) is 0. The highest BCUT2D eigenvalue weighted by molar-refractivity contribution is 14.0. The van der Waals surface area contributed by atoms with Crippen LogP contribution >= 0.6 is 24.0 Å². The lowest BCUT2D eigenvalue weighted by Gasteiger charge is -2.30. The van der Waals surface area contributed by atoms with Gasteiger partial charge in [-0.15, -0.1) is 24.0 Å². The van der Waals surface area contributed by atoms with Crippen LogP contribution in [-0.2, 0) is 9.84 Å². The lowest BCUT2D eigenvalue weighted by atomic mass is 10.2. The van der Waals surface area contributed by atoms with Crippen molar-refractivity contribution in [1.29, 1.82) is 0 Å². The molecule has 0 aromatic heterocycles. The first-order valence-electron chi connectivity index (χ1n) is 8.86. The molecule has 0 atom stereocenters. The van der Waals surface area contributed by atoms with E-state index in [1.165, 1.54) is 18.2 Å². The molecule has 0 saturated heterocycles. The second-order valence-electron chi connectivity index (χ2n) is 6.60. The Bertz CT molecular complexity index is 688. The number of halogens is 2. The van der Waals surface area contributed by atoms with Crippen LogP contribution in [0.4, 0.5) is 4.39 Å². The van der Waals surface area contributed by atoms with Crippen molar-refractivity contribution in [2.24, 2.45) is 4.99 Å². The molecule has 1 aromatic carbocycles. The Morgan fingerprint density at radius 3 is 2.19 bits per heavy atom. The van der Waals surface area contributed by atoms with Gasteiger partial charge in [0.15, 0.2) is 15.8 Å². The highest BCUT2D eigenvalue weighted by atomic mass is 127. The van der Waals surface area contributed by atoms with Gasteiger partial charge in [0.1, 0.15) is 10.7 Å². The Morgan fingerprint density at radius 2 is 1.67 bits per heavy atom. The van der Waals surface area contributed by atoms with Crippen molar-refractivity contribution in [2.75, 3.05) is 32.4 Å². The predicted molar refractivity (Wildman–Crippen MR) is 120 cm³/mol. The molecular weight excluding hydrogens is 482 g/mol. The fourth-order valence-electron chi connectivity index (χ4n) is 2.75. The molecule has 0 bridgehead atoms. The van der Waals surface area contributed by atoms with Gasteiger partial charge >= 0.3 is 0 Å². The smallest absolute Gasteiger partial charge is 0.191 e. The minimum absolute atomic E-state index is 0. The third kappa shape index (κ3) is 8.73. The van der Waals surface area contributed by atoms with Crippen LogP contribution in [0.1, 0.15) is 27.7 Å². The zero-order chi connectivity index (χ0) is 19.7. The van der Waals surface area contributed by atoms with Gasteiger partial charge in [0, 0.05) is 38.8 Å². The lowest BCUT2D eigenvalue weighted by molar-refractivity contribution is 0.178. The zero-order valence-electron chi connectivity index (χ0n) is 16.7. The van der Waals surface area contributed by atoms with Crippen LogP contribution in [-0.4, -0.2) is 63.8 Å². The number of nitrogens with one attached hydrogen (secondary N) is 2. The zero-order valence-corrected chi connectivity index (χ0v) is 19.8. The number of benzene rings is 1. The average molecular weight is 514 g/mol. The fraction of sp³-hybridized carbons (Fsp3) is 0.611. The summed E-state index contributed by atoms with van der Waals surface area (Å²) in [6.45, 7) is 10.3. The second-order valence-corrected chi connectivity index (χ2v) is 8.68. The monoisotopic (exact) mass is 514 g/mol. The molecule has 0 spiro atoms. The molecule has 0 amide bonds. The van der Waals surface area contributed by atoms with Gasteiger partial charge in [0.2, 0.25) is 0 Å². The quantitative estimate of drug-likeness (QED) is 0.301. The molecule has 6 nitrogen and oxygen atoms in total. The minimum Gasteiger partial charge on any atom is -0.355 e. The average Bonchev–Trinajstić information content (AvgIpc) is 2.56. The van der Waals surface area contributed by atoms with Crippen LogP contribution in [0.3, 0.4) is 0 Å². The van der Waals surface area contributed by atoms with Crippen molar-refractivity contribution in [3.63, 3.8) is 0 Å². The van der Waals surface area contributed by atoms with Crippen molar-refractivity contribution >= 4 is 39.8 Å². The van der Waals surface area contributed by atoms with Crippen molar-refractivity contribution in [3.05, 3.63) is 30.1 Å². The molecular formula is C18H32FIN4O2S. The molecule has 156 valence electrons. The van der Waals surface area contributed by atoms with Crippen LogP contribution in [0, 0.1) is 5.82 Å². The number of nitrogens with zero attached hydrogens (tertiary/aromatic N) is 2. The molecule has 0 radical (unpaired) electrons. The van der Waals surface area contributed by atoms with Crippen molar-refractivity contribution in [1.82, 2.24) is 15.5 Å². The van der Waals surface area contributed by atoms with Crippen molar-refractivity contribution in [3.8, 4) is 0 Å². The van der Waals surface area contributed by atoms with E-state index in [4.69, 9.17) is 0 Å². The maximum atomic E-state index is 13.7. The van der Waals surface area contributed by atoms with Gasteiger partial charge in [-0.05, 0) is 39.8 Å². The minimum atomic E-state index is -3.68. The number of hydrogen-bond acceptors (Lipinski definition) is 4. The number of rotatable bonds is 9. The molecule has 0 aliphatic rings. The molecule has 0 fully saturated rings. The molecule has 2 N–H and O–H groups in total. The number of hydrogen-bond donors (Lipinski definition) is 2. The maximum absolute atomic E-state index is 13.7. The van der Waals surface area contributed by atoms with Crippen LogP contribution in [0.5, 0.6) is 0 Å². The van der Waals surface area contributed by atoms with E-state index in [9.17, 15) is 12.8 Å². The first-order chi connectivity index (χ1) is 12.2. The Hall–Kier alpha value is -0.940. The number of aliphatic imine (C=N–C) groups is 1. The van der Waals surface area contributed by atoms with E-state index >= 15 is 0 Å². The first kappa shape index (κ1) is 26.1. The molecule has 0 aliphatic heterocycles. The van der Waals surface area contributed by atoms with E-state index in [2.05, 4.69) is 48.2 Å². The van der Waals surface area contributed by atoms with Crippen LogP contribution in [0.15, 0.2) is 34.2 Å². The van der Waals surface area contributed by atoms with Crippen molar-refractivity contribution in [2.45, 2.75) is 44.7 Å². The summed E-state index contributed by atoms with van der Waals surface area (Å²) < 4.78 is 38.1. The summed E-state index contributed by atoms with van der Waals surface area (Å²) in [6, 6.07) is 6.30. The highest BCUT2D eigenvalue weighted by Crippen LogP contribution is 2.14. The number of sulfone groups is 1. The SMILES string of the molecule is CN=C(NCCN(C(C)C)C(C)C)NCCS(=O)(=O)c1ccccc1F.I. The third-order valence-electron chi connectivity index (χ3n) is 4.05. The van der Waals surface area contributed by atoms with Crippen LogP contribution in [0.2, 0.25) is 0 Å². The van der Waals surface area contributed by atoms with E-state index < -0.39 is 15.7 Å². The van der Waals surface area contributed by atoms with E-state index in [0.29, 0.717) is 24.6 Å². The molecule has 0 unspecified atom stereocenters. The van der Waals surface area contributed by atoms with E-state index in [1.807, 2.05) is 0 Å². The summed E-state index contributed by atoms with van der Waals surface area (Å²) in [5.74, 6) is -0.405. The number of guanidine groups is 1.